The summed E-state index contributed by atoms with van der Waals surface area (Å²) in [5.41, 5.74) is 1.07. The predicted octanol–water partition coefficient (Wildman–Crippen LogP) is 4.48. The van der Waals surface area contributed by atoms with Crippen LogP contribution in [0.3, 0.4) is 0 Å². The first-order chi connectivity index (χ1) is 15.2. The van der Waals surface area contributed by atoms with Gasteiger partial charge in [0.05, 0.1) is 6.61 Å². The van der Waals surface area contributed by atoms with Gasteiger partial charge in [-0.1, -0.05) is 42.5 Å². The third-order valence-corrected chi connectivity index (χ3v) is 5.94. The molecule has 3 aromatic carbocycles. The van der Waals surface area contributed by atoms with Gasteiger partial charge in [-0.2, -0.15) is 0 Å². The van der Waals surface area contributed by atoms with Gasteiger partial charge >= 0.3 is 0 Å². The van der Waals surface area contributed by atoms with E-state index in [2.05, 4.69) is 23.5 Å². The summed E-state index contributed by atoms with van der Waals surface area (Å²) in [6.45, 7) is 4.56. The molecule has 162 valence electrons. The number of rotatable bonds is 8. The summed E-state index contributed by atoms with van der Waals surface area (Å²) < 4.78 is 16.9. The molecule has 1 N–H and O–H groups in total. The number of amides is 1. The number of carbonyl (C=O) groups is 1. The van der Waals surface area contributed by atoms with Crippen molar-refractivity contribution in [1.82, 2.24) is 5.32 Å². The fraction of sp³-hybridized carbons (Fsp3) is 0.346. The quantitative estimate of drug-likeness (QED) is 0.585. The van der Waals surface area contributed by atoms with Gasteiger partial charge in [-0.15, -0.1) is 0 Å². The Labute approximate surface area is 183 Å². The van der Waals surface area contributed by atoms with Crippen molar-refractivity contribution in [2.24, 2.45) is 0 Å². The van der Waals surface area contributed by atoms with Gasteiger partial charge in [-0.25, -0.2) is 0 Å². The average Bonchev–Trinajstić information content (AvgIpc) is 2.82. The Hall–Kier alpha value is -3.05. The zero-order valence-electron chi connectivity index (χ0n) is 17.9. The summed E-state index contributed by atoms with van der Waals surface area (Å²) in [6.07, 6.45) is 1.74. The summed E-state index contributed by atoms with van der Waals surface area (Å²) in [6, 6.07) is 22.2. The van der Waals surface area contributed by atoms with Crippen LogP contribution >= 0.6 is 0 Å². The number of carbonyl (C=O) groups excluding carboxylic acids is 1. The Bertz CT molecular complexity index is 1010. The van der Waals surface area contributed by atoms with Gasteiger partial charge in [0.1, 0.15) is 11.5 Å². The van der Waals surface area contributed by atoms with Crippen LogP contribution in [0.1, 0.15) is 25.3 Å². The Morgan fingerprint density at radius 2 is 1.65 bits per heavy atom. The Balaban J connectivity index is 1.37. The second-order valence-electron chi connectivity index (χ2n) is 7.92. The van der Waals surface area contributed by atoms with Crippen LogP contribution < -0.4 is 14.8 Å². The van der Waals surface area contributed by atoms with Crippen molar-refractivity contribution < 1.29 is 19.0 Å². The minimum Gasteiger partial charge on any atom is -0.494 e. The van der Waals surface area contributed by atoms with Gasteiger partial charge in [-0.05, 0) is 60.4 Å². The van der Waals surface area contributed by atoms with Crippen LogP contribution in [0.5, 0.6) is 11.5 Å². The van der Waals surface area contributed by atoms with Crippen molar-refractivity contribution in [2.45, 2.75) is 25.2 Å². The molecule has 0 spiro atoms. The zero-order chi connectivity index (χ0) is 21.5. The molecule has 5 nitrogen and oxygen atoms in total. The first-order valence-corrected chi connectivity index (χ1v) is 10.9. The van der Waals surface area contributed by atoms with E-state index in [-0.39, 0.29) is 17.9 Å². The molecule has 0 saturated carbocycles. The van der Waals surface area contributed by atoms with Crippen LogP contribution in [0, 0.1) is 0 Å². The molecule has 0 bridgehead atoms. The van der Waals surface area contributed by atoms with Crippen molar-refractivity contribution in [3.8, 4) is 11.5 Å². The smallest absolute Gasteiger partial charge is 0.257 e. The number of hydrogen-bond donors (Lipinski definition) is 1. The van der Waals surface area contributed by atoms with Gasteiger partial charge in [0.2, 0.25) is 0 Å². The molecule has 1 amide bonds. The number of benzene rings is 3. The second kappa shape index (κ2) is 9.84. The van der Waals surface area contributed by atoms with E-state index in [4.69, 9.17) is 14.2 Å². The molecule has 0 radical (unpaired) electrons. The number of nitrogens with one attached hydrogen (secondary N) is 1. The third kappa shape index (κ3) is 5.17. The molecule has 0 aliphatic carbocycles. The number of ether oxygens (including phenoxy) is 3. The van der Waals surface area contributed by atoms with Crippen molar-refractivity contribution in [2.75, 3.05) is 33.0 Å². The van der Waals surface area contributed by atoms with E-state index in [0.29, 0.717) is 32.1 Å². The monoisotopic (exact) mass is 419 g/mol. The Morgan fingerprint density at radius 3 is 2.39 bits per heavy atom. The van der Waals surface area contributed by atoms with Crippen LogP contribution in [0.25, 0.3) is 10.8 Å². The van der Waals surface area contributed by atoms with E-state index in [9.17, 15) is 4.79 Å². The van der Waals surface area contributed by atoms with Crippen molar-refractivity contribution in [3.63, 3.8) is 0 Å². The number of fused-ring (bicyclic) bond motifs is 1. The molecule has 1 aliphatic rings. The molecule has 0 atom stereocenters. The van der Waals surface area contributed by atoms with E-state index in [1.807, 2.05) is 55.5 Å². The summed E-state index contributed by atoms with van der Waals surface area (Å²) in [5.74, 6) is 1.44. The van der Waals surface area contributed by atoms with Crippen LogP contribution in [0.15, 0.2) is 66.7 Å². The highest BCUT2D eigenvalue weighted by Crippen LogP contribution is 2.35. The highest BCUT2D eigenvalue weighted by Gasteiger charge is 2.34. The molecule has 1 fully saturated rings. The minimum absolute atomic E-state index is 0.00576. The molecule has 4 rings (SSSR count). The standard InChI is InChI=1S/C26H29NO4/c1-2-30-23-11-8-22(9-12-23)26(13-15-29-16-14-26)19-27-25(28)18-31-24-10-7-20-5-3-4-6-21(20)17-24/h3-12,17H,2,13-16,18-19H2,1H3,(H,27,28). The van der Waals surface area contributed by atoms with Crippen LogP contribution in [-0.4, -0.2) is 38.9 Å². The van der Waals surface area contributed by atoms with E-state index in [1.165, 1.54) is 5.56 Å². The SMILES string of the molecule is CCOc1ccc(C2(CNC(=O)COc3ccc4ccccc4c3)CCOCC2)cc1. The molecule has 1 saturated heterocycles. The number of hydrogen-bond acceptors (Lipinski definition) is 4. The molecule has 3 aromatic rings. The Morgan fingerprint density at radius 1 is 0.935 bits per heavy atom. The van der Waals surface area contributed by atoms with Gasteiger partial charge < -0.3 is 19.5 Å². The van der Waals surface area contributed by atoms with Gasteiger partial charge in [0.25, 0.3) is 5.91 Å². The molecule has 0 aromatic heterocycles. The van der Waals surface area contributed by atoms with Gasteiger partial charge in [0, 0.05) is 25.2 Å². The highest BCUT2D eigenvalue weighted by atomic mass is 16.5. The van der Waals surface area contributed by atoms with Crippen molar-refractivity contribution >= 4 is 16.7 Å². The van der Waals surface area contributed by atoms with E-state index < -0.39 is 0 Å². The summed E-state index contributed by atoms with van der Waals surface area (Å²) in [7, 11) is 0. The zero-order valence-corrected chi connectivity index (χ0v) is 17.9. The molecule has 1 aliphatic heterocycles. The first kappa shape index (κ1) is 21.2. The van der Waals surface area contributed by atoms with Gasteiger partial charge in [0.15, 0.2) is 6.61 Å². The lowest BCUT2D eigenvalue weighted by atomic mass is 9.74. The largest absolute Gasteiger partial charge is 0.494 e. The van der Waals surface area contributed by atoms with E-state index >= 15 is 0 Å². The van der Waals surface area contributed by atoms with Gasteiger partial charge in [-0.3, -0.25) is 4.79 Å². The van der Waals surface area contributed by atoms with Crippen molar-refractivity contribution in [1.29, 1.82) is 0 Å². The summed E-state index contributed by atoms with van der Waals surface area (Å²) >= 11 is 0. The molecular weight excluding hydrogens is 390 g/mol. The molecule has 1 heterocycles. The maximum Gasteiger partial charge on any atom is 0.257 e. The third-order valence-electron chi connectivity index (χ3n) is 5.94. The Kier molecular flexibility index (Phi) is 6.73. The molecule has 0 unspecified atom stereocenters. The first-order valence-electron chi connectivity index (χ1n) is 10.9. The highest BCUT2D eigenvalue weighted by molar-refractivity contribution is 5.84. The average molecular weight is 420 g/mol. The molecule has 31 heavy (non-hydrogen) atoms. The normalized spacial score (nSPS) is 15.4. The lowest BCUT2D eigenvalue weighted by Crippen LogP contribution is -2.45. The second-order valence-corrected chi connectivity index (χ2v) is 7.92. The van der Waals surface area contributed by atoms with E-state index in [0.717, 1.165) is 29.4 Å². The van der Waals surface area contributed by atoms with Crippen LogP contribution in [0.2, 0.25) is 0 Å². The maximum atomic E-state index is 12.5. The predicted molar refractivity (Wildman–Crippen MR) is 122 cm³/mol. The maximum absolute atomic E-state index is 12.5. The van der Waals surface area contributed by atoms with E-state index in [1.54, 1.807) is 0 Å². The minimum atomic E-state index is -0.137. The fourth-order valence-electron chi connectivity index (χ4n) is 4.13. The van der Waals surface area contributed by atoms with Crippen LogP contribution in [-0.2, 0) is 14.9 Å². The topological polar surface area (TPSA) is 56.8 Å². The molecule has 5 heteroatoms. The molecular formula is C26H29NO4. The van der Waals surface area contributed by atoms with Crippen LogP contribution in [0.4, 0.5) is 0 Å². The lowest BCUT2D eigenvalue weighted by Gasteiger charge is -2.38. The summed E-state index contributed by atoms with van der Waals surface area (Å²) in [5, 5.41) is 5.33. The van der Waals surface area contributed by atoms with Crippen molar-refractivity contribution in [3.05, 3.63) is 72.3 Å². The lowest BCUT2D eigenvalue weighted by molar-refractivity contribution is -0.123. The fourth-order valence-corrected chi connectivity index (χ4v) is 4.13. The summed E-state index contributed by atoms with van der Waals surface area (Å²) in [4.78, 5) is 12.5.